The van der Waals surface area contributed by atoms with Gasteiger partial charge in [-0.3, -0.25) is 5.32 Å². The fourth-order valence-electron chi connectivity index (χ4n) is 3.41. The minimum atomic E-state index is -0.357. The van der Waals surface area contributed by atoms with Gasteiger partial charge in [0.1, 0.15) is 5.54 Å². The van der Waals surface area contributed by atoms with Crippen LogP contribution in [-0.2, 0) is 6.42 Å². The third-order valence-corrected chi connectivity index (χ3v) is 4.77. The molecule has 0 spiro atoms. The van der Waals surface area contributed by atoms with Gasteiger partial charge in [-0.15, -0.1) is 0 Å². The van der Waals surface area contributed by atoms with E-state index in [-0.39, 0.29) is 5.54 Å². The molecule has 0 bridgehead atoms. The van der Waals surface area contributed by atoms with E-state index < -0.39 is 0 Å². The molecule has 1 aromatic carbocycles. The van der Waals surface area contributed by atoms with Gasteiger partial charge in [0.25, 0.3) is 0 Å². The van der Waals surface area contributed by atoms with Crippen molar-refractivity contribution in [1.29, 1.82) is 5.26 Å². The van der Waals surface area contributed by atoms with Gasteiger partial charge in [-0.1, -0.05) is 18.2 Å². The maximum absolute atomic E-state index is 9.44. The van der Waals surface area contributed by atoms with Crippen LogP contribution in [0.3, 0.4) is 0 Å². The van der Waals surface area contributed by atoms with Crippen LogP contribution in [0.5, 0.6) is 0 Å². The highest BCUT2D eigenvalue weighted by atomic mass is 15.2. The van der Waals surface area contributed by atoms with Gasteiger partial charge in [-0.2, -0.15) is 5.26 Å². The SMILES string of the molecule is CC1Cc2ccccc2N1CCCC(C)(C#N)NC1CC1. The van der Waals surface area contributed by atoms with E-state index in [4.69, 9.17) is 0 Å². The van der Waals surface area contributed by atoms with Crippen molar-refractivity contribution in [3.63, 3.8) is 0 Å². The fourth-order valence-corrected chi connectivity index (χ4v) is 3.41. The van der Waals surface area contributed by atoms with Crippen molar-refractivity contribution in [2.45, 2.75) is 63.6 Å². The Morgan fingerprint density at radius 3 is 2.86 bits per heavy atom. The summed E-state index contributed by atoms with van der Waals surface area (Å²) in [7, 11) is 0. The number of fused-ring (bicyclic) bond motifs is 1. The molecule has 2 atom stereocenters. The molecule has 1 fully saturated rings. The minimum absolute atomic E-state index is 0.357. The van der Waals surface area contributed by atoms with Crippen molar-refractivity contribution in [2.75, 3.05) is 11.4 Å². The number of nitrogens with one attached hydrogen (secondary N) is 1. The van der Waals surface area contributed by atoms with Crippen molar-refractivity contribution in [2.24, 2.45) is 0 Å². The third-order valence-electron chi connectivity index (χ3n) is 4.77. The van der Waals surface area contributed by atoms with Crippen LogP contribution < -0.4 is 10.2 Å². The molecule has 1 aromatic rings. The number of nitriles is 1. The highest BCUT2D eigenvalue weighted by molar-refractivity contribution is 5.59. The van der Waals surface area contributed by atoms with E-state index in [9.17, 15) is 5.26 Å². The van der Waals surface area contributed by atoms with Crippen molar-refractivity contribution < 1.29 is 0 Å². The minimum Gasteiger partial charge on any atom is -0.368 e. The zero-order chi connectivity index (χ0) is 14.9. The first-order chi connectivity index (χ1) is 10.1. The summed E-state index contributed by atoms with van der Waals surface area (Å²) in [5, 5.41) is 12.9. The van der Waals surface area contributed by atoms with Gasteiger partial charge >= 0.3 is 0 Å². The van der Waals surface area contributed by atoms with Crippen molar-refractivity contribution >= 4 is 5.69 Å². The van der Waals surface area contributed by atoms with Crippen molar-refractivity contribution in [3.8, 4) is 6.07 Å². The van der Waals surface area contributed by atoms with Crippen LogP contribution in [0.4, 0.5) is 5.69 Å². The quantitative estimate of drug-likeness (QED) is 0.871. The number of rotatable bonds is 6. The first-order valence-electron chi connectivity index (χ1n) is 8.15. The molecule has 21 heavy (non-hydrogen) atoms. The molecule has 0 amide bonds. The van der Waals surface area contributed by atoms with Crippen molar-refractivity contribution in [1.82, 2.24) is 5.32 Å². The predicted molar refractivity (Wildman–Crippen MR) is 86.4 cm³/mol. The average Bonchev–Trinajstić information content (AvgIpc) is 3.22. The van der Waals surface area contributed by atoms with Crippen LogP contribution in [0.2, 0.25) is 0 Å². The Morgan fingerprint density at radius 2 is 2.14 bits per heavy atom. The Bertz CT molecular complexity index is 544. The van der Waals surface area contributed by atoms with Gasteiger partial charge in [-0.05, 0) is 57.6 Å². The molecule has 1 saturated carbocycles. The van der Waals surface area contributed by atoms with Gasteiger partial charge in [0, 0.05) is 24.3 Å². The van der Waals surface area contributed by atoms with Crippen LogP contribution >= 0.6 is 0 Å². The Balaban J connectivity index is 1.56. The van der Waals surface area contributed by atoms with Gasteiger partial charge in [0.2, 0.25) is 0 Å². The molecule has 1 aliphatic heterocycles. The van der Waals surface area contributed by atoms with E-state index in [1.807, 2.05) is 6.92 Å². The fraction of sp³-hybridized carbons (Fsp3) is 0.611. The summed E-state index contributed by atoms with van der Waals surface area (Å²) in [6.45, 7) is 5.39. The summed E-state index contributed by atoms with van der Waals surface area (Å²) >= 11 is 0. The molecule has 1 N–H and O–H groups in total. The molecule has 0 radical (unpaired) electrons. The molecule has 1 heterocycles. The molecule has 2 aliphatic rings. The lowest BCUT2D eigenvalue weighted by atomic mass is 9.97. The van der Waals surface area contributed by atoms with Gasteiger partial charge in [0.05, 0.1) is 6.07 Å². The molecule has 1 aliphatic carbocycles. The van der Waals surface area contributed by atoms with E-state index in [0.29, 0.717) is 12.1 Å². The van der Waals surface area contributed by atoms with Crippen LogP contribution in [0.1, 0.15) is 45.1 Å². The number of hydrogen-bond acceptors (Lipinski definition) is 3. The Labute approximate surface area is 128 Å². The highest BCUT2D eigenvalue weighted by Crippen LogP contribution is 2.32. The van der Waals surface area contributed by atoms with Gasteiger partial charge < -0.3 is 4.90 Å². The van der Waals surface area contributed by atoms with E-state index in [1.165, 1.54) is 24.1 Å². The van der Waals surface area contributed by atoms with E-state index in [2.05, 4.69) is 47.5 Å². The van der Waals surface area contributed by atoms with E-state index >= 15 is 0 Å². The topological polar surface area (TPSA) is 39.1 Å². The van der Waals surface area contributed by atoms with Crippen molar-refractivity contribution in [3.05, 3.63) is 29.8 Å². The summed E-state index contributed by atoms with van der Waals surface area (Å²) in [5.74, 6) is 0. The molecular formula is C18H25N3. The standard InChI is InChI=1S/C18H25N3/c1-14-12-15-6-3-4-7-17(15)21(14)11-5-10-18(2,13-19)20-16-8-9-16/h3-4,6-7,14,16,20H,5,8-12H2,1-2H3. The molecule has 0 saturated heterocycles. The summed E-state index contributed by atoms with van der Waals surface area (Å²) < 4.78 is 0. The zero-order valence-corrected chi connectivity index (χ0v) is 13.1. The summed E-state index contributed by atoms with van der Waals surface area (Å²) in [4.78, 5) is 2.50. The Hall–Kier alpha value is -1.53. The number of anilines is 1. The highest BCUT2D eigenvalue weighted by Gasteiger charge is 2.32. The molecule has 3 nitrogen and oxygen atoms in total. The van der Waals surface area contributed by atoms with Gasteiger partial charge in [0.15, 0.2) is 0 Å². The lowest BCUT2D eigenvalue weighted by Crippen LogP contribution is -2.43. The Kier molecular flexibility index (Phi) is 3.91. The van der Waals surface area contributed by atoms with Crippen LogP contribution in [0.25, 0.3) is 0 Å². The number of benzene rings is 1. The Morgan fingerprint density at radius 1 is 1.38 bits per heavy atom. The van der Waals surface area contributed by atoms with Crippen LogP contribution in [-0.4, -0.2) is 24.2 Å². The average molecular weight is 283 g/mol. The number of para-hydroxylation sites is 1. The van der Waals surface area contributed by atoms with E-state index in [1.54, 1.807) is 0 Å². The third kappa shape index (κ3) is 3.22. The summed E-state index contributed by atoms with van der Waals surface area (Å²) in [5.41, 5.74) is 2.49. The lowest BCUT2D eigenvalue weighted by molar-refractivity contribution is 0.402. The van der Waals surface area contributed by atoms with Gasteiger partial charge in [-0.25, -0.2) is 0 Å². The first-order valence-corrected chi connectivity index (χ1v) is 8.15. The second-order valence-corrected chi connectivity index (χ2v) is 6.84. The normalized spacial score (nSPS) is 23.5. The molecular weight excluding hydrogens is 258 g/mol. The first kappa shape index (κ1) is 14.4. The predicted octanol–water partition coefficient (Wildman–Crippen LogP) is 3.25. The summed E-state index contributed by atoms with van der Waals surface area (Å²) in [6, 6.07) is 12.3. The zero-order valence-electron chi connectivity index (χ0n) is 13.1. The largest absolute Gasteiger partial charge is 0.368 e. The van der Waals surface area contributed by atoms with Crippen LogP contribution in [0.15, 0.2) is 24.3 Å². The second-order valence-electron chi connectivity index (χ2n) is 6.84. The number of nitrogens with zero attached hydrogens (tertiary/aromatic N) is 2. The molecule has 112 valence electrons. The van der Waals surface area contributed by atoms with E-state index in [0.717, 1.165) is 25.8 Å². The number of hydrogen-bond donors (Lipinski definition) is 1. The second kappa shape index (κ2) is 5.69. The maximum atomic E-state index is 9.44. The molecule has 3 heteroatoms. The smallest absolute Gasteiger partial charge is 0.104 e. The molecule has 0 aromatic heterocycles. The molecule has 3 rings (SSSR count). The molecule has 2 unspecified atom stereocenters. The summed E-state index contributed by atoms with van der Waals surface area (Å²) in [6.07, 6.45) is 5.58. The maximum Gasteiger partial charge on any atom is 0.104 e. The lowest BCUT2D eigenvalue weighted by Gasteiger charge is -2.28. The van der Waals surface area contributed by atoms with Crippen LogP contribution in [0, 0.1) is 11.3 Å². The monoisotopic (exact) mass is 283 g/mol.